The summed E-state index contributed by atoms with van der Waals surface area (Å²) in [6.45, 7) is 0. The maximum atomic E-state index is 13.3. The van der Waals surface area contributed by atoms with E-state index in [1.165, 1.54) is 24.3 Å². The summed E-state index contributed by atoms with van der Waals surface area (Å²) in [6.07, 6.45) is 3.47. The summed E-state index contributed by atoms with van der Waals surface area (Å²) >= 11 is 0. The molecule has 0 unspecified atom stereocenters. The monoisotopic (exact) mass is 824 g/mol. The molecule has 0 aliphatic carbocycles. The van der Waals surface area contributed by atoms with Crippen molar-refractivity contribution in [2.45, 2.75) is 12.4 Å². The molecule has 0 bridgehead atoms. The molecule has 6 heteroatoms. The van der Waals surface area contributed by atoms with Crippen LogP contribution < -0.4 is 0 Å². The lowest BCUT2D eigenvalue weighted by Crippen LogP contribution is -2.04. The zero-order valence-electron chi connectivity index (χ0n) is 33.2. The second-order valence-electron chi connectivity index (χ2n) is 14.8. The summed E-state index contributed by atoms with van der Waals surface area (Å²) in [7, 11) is 0. The number of fused-ring (bicyclic) bond motifs is 1. The maximum absolute atomic E-state index is 13.3. The highest BCUT2D eigenvalue weighted by Crippen LogP contribution is 2.34. The van der Waals surface area contributed by atoms with E-state index in [-0.39, 0.29) is 0 Å². The molecule has 0 spiro atoms. The van der Waals surface area contributed by atoms with Crippen LogP contribution in [0, 0.1) is 0 Å². The predicted octanol–water partition coefficient (Wildman–Crippen LogP) is 16.4. The van der Waals surface area contributed by atoms with Gasteiger partial charge in [0.15, 0.2) is 0 Å². The lowest BCUT2D eigenvalue weighted by Gasteiger charge is -2.12. The van der Waals surface area contributed by atoms with E-state index < -0.39 is 23.5 Å². The molecule has 8 aromatic carbocycles. The Bertz CT molecular complexity index is 2900. The highest BCUT2D eigenvalue weighted by Gasteiger charge is 2.31. The Morgan fingerprint density at radius 3 is 1.15 bits per heavy atom. The molecule has 0 fully saturated rings. The average Bonchev–Trinajstić information content (AvgIpc) is 3.29. The molecule has 8 rings (SSSR count). The van der Waals surface area contributed by atoms with Crippen molar-refractivity contribution in [2.75, 3.05) is 0 Å². The van der Waals surface area contributed by atoms with Crippen molar-refractivity contribution < 1.29 is 26.3 Å². The van der Waals surface area contributed by atoms with Gasteiger partial charge in [0.1, 0.15) is 0 Å². The quantitative estimate of drug-likeness (QED) is 0.0952. The van der Waals surface area contributed by atoms with Gasteiger partial charge in [0.25, 0.3) is 0 Å². The molecule has 0 aliphatic heterocycles. The van der Waals surface area contributed by atoms with Gasteiger partial charge < -0.3 is 0 Å². The summed E-state index contributed by atoms with van der Waals surface area (Å²) in [4.78, 5) is 0. The van der Waals surface area contributed by atoms with Crippen LogP contribution in [-0.2, 0) is 12.4 Å². The molecular formula is C56H38F6. The number of rotatable bonds is 10. The Labute approximate surface area is 356 Å². The highest BCUT2D eigenvalue weighted by atomic mass is 19.4. The smallest absolute Gasteiger partial charge is 0.166 e. The molecule has 0 amide bonds. The highest BCUT2D eigenvalue weighted by molar-refractivity contribution is 5.96. The molecule has 0 atom stereocenters. The van der Waals surface area contributed by atoms with Gasteiger partial charge in [-0.05, 0) is 126 Å². The zero-order valence-corrected chi connectivity index (χ0v) is 33.2. The molecule has 8 aromatic rings. The fourth-order valence-electron chi connectivity index (χ4n) is 7.30. The van der Waals surface area contributed by atoms with Gasteiger partial charge in [-0.1, -0.05) is 182 Å². The first kappa shape index (κ1) is 41.3. The second kappa shape index (κ2) is 18.0. The van der Waals surface area contributed by atoms with Crippen molar-refractivity contribution in [1.82, 2.24) is 0 Å². The Hall–Kier alpha value is -7.44. The lowest BCUT2D eigenvalue weighted by atomic mass is 9.94. The van der Waals surface area contributed by atoms with Crippen LogP contribution >= 0.6 is 0 Å². The Balaban J connectivity index is 1.02. The van der Waals surface area contributed by atoms with E-state index in [2.05, 4.69) is 48.6 Å². The average molecular weight is 825 g/mol. The number of hydrogen-bond donors (Lipinski definition) is 0. The minimum Gasteiger partial charge on any atom is -0.166 e. The Morgan fingerprint density at radius 1 is 0.323 bits per heavy atom. The van der Waals surface area contributed by atoms with Gasteiger partial charge >= 0.3 is 12.4 Å². The lowest BCUT2D eigenvalue weighted by molar-refractivity contribution is -0.138. The number of benzene rings is 8. The predicted molar refractivity (Wildman–Crippen MR) is 244 cm³/mol. The van der Waals surface area contributed by atoms with Gasteiger partial charge in [-0.2, -0.15) is 26.3 Å². The van der Waals surface area contributed by atoms with Crippen LogP contribution in [0.15, 0.2) is 194 Å². The van der Waals surface area contributed by atoms with Gasteiger partial charge in [0.05, 0.1) is 11.1 Å². The van der Waals surface area contributed by atoms with Crippen LogP contribution in [0.2, 0.25) is 0 Å². The van der Waals surface area contributed by atoms with Crippen molar-refractivity contribution in [1.29, 1.82) is 0 Å². The largest absolute Gasteiger partial charge is 0.416 e. The van der Waals surface area contributed by atoms with Crippen molar-refractivity contribution in [3.8, 4) is 0 Å². The first-order valence-corrected chi connectivity index (χ1v) is 19.9. The summed E-state index contributed by atoms with van der Waals surface area (Å²) in [5.41, 5.74) is 9.35. The molecule has 0 aromatic heterocycles. The van der Waals surface area contributed by atoms with Crippen LogP contribution in [0.1, 0.15) is 66.8 Å². The van der Waals surface area contributed by atoms with Crippen molar-refractivity contribution >= 4 is 58.4 Å². The number of hydrogen-bond acceptors (Lipinski definition) is 0. The minimum absolute atomic E-state index is 0.683. The first-order valence-electron chi connectivity index (χ1n) is 19.9. The standard InChI is InChI=1S/C56H38F6/c57-55(58,59)50-31-27-46(28-32-50)53(44-9-3-1-4-10-44)37-41-20-15-39(16-21-41)19-24-43-35-48-13-7-8-14-52(48)49(36-43)26-25-40-17-22-42(23-18-40)38-54(45-11-5-2-6-12-45)47-29-33-51(34-30-47)56(60,61)62/h1-38H. The van der Waals surface area contributed by atoms with E-state index in [1.807, 2.05) is 133 Å². The first-order chi connectivity index (χ1) is 30.0. The van der Waals surface area contributed by atoms with Crippen molar-refractivity contribution in [3.05, 3.63) is 261 Å². The van der Waals surface area contributed by atoms with Crippen LogP contribution in [0.4, 0.5) is 26.3 Å². The second-order valence-corrected chi connectivity index (χ2v) is 14.8. The van der Waals surface area contributed by atoms with E-state index in [0.29, 0.717) is 11.1 Å². The van der Waals surface area contributed by atoms with Crippen molar-refractivity contribution in [2.24, 2.45) is 0 Å². The number of halogens is 6. The summed E-state index contributed by atoms with van der Waals surface area (Å²) in [5, 5.41) is 2.21. The van der Waals surface area contributed by atoms with Crippen molar-refractivity contribution in [3.63, 3.8) is 0 Å². The SMILES string of the molecule is FC(F)(F)c1ccc(C(=Cc2ccc(C=Cc3cc(C=Cc4ccc(C=C(c5ccccc5)c5ccc(C(F)(F)F)cc5)cc4)c4ccccc4c3)cc2)c2ccccc2)cc1. The Kier molecular flexibility index (Phi) is 12.0. The maximum Gasteiger partial charge on any atom is 0.416 e. The molecule has 0 heterocycles. The van der Waals surface area contributed by atoms with E-state index >= 15 is 0 Å². The van der Waals surface area contributed by atoms with Gasteiger partial charge in [0.2, 0.25) is 0 Å². The van der Waals surface area contributed by atoms with Crippen LogP contribution in [0.3, 0.4) is 0 Å². The third-order valence-corrected chi connectivity index (χ3v) is 10.6. The van der Waals surface area contributed by atoms with Crippen LogP contribution in [-0.4, -0.2) is 0 Å². The van der Waals surface area contributed by atoms with Gasteiger partial charge in [-0.25, -0.2) is 0 Å². The van der Waals surface area contributed by atoms with E-state index in [0.717, 1.165) is 90.7 Å². The molecule has 304 valence electrons. The fourth-order valence-corrected chi connectivity index (χ4v) is 7.30. The third kappa shape index (κ3) is 10.1. The van der Waals surface area contributed by atoms with Crippen LogP contribution in [0.5, 0.6) is 0 Å². The fraction of sp³-hybridized carbons (Fsp3) is 0.0357. The molecule has 0 aliphatic rings. The topological polar surface area (TPSA) is 0 Å². The van der Waals surface area contributed by atoms with E-state index in [1.54, 1.807) is 0 Å². The summed E-state index contributed by atoms with van der Waals surface area (Å²) in [6, 6.07) is 58.4. The summed E-state index contributed by atoms with van der Waals surface area (Å²) in [5.74, 6) is 0. The molecular weight excluding hydrogens is 787 g/mol. The minimum atomic E-state index is -4.41. The van der Waals surface area contributed by atoms with Gasteiger partial charge in [0, 0.05) is 0 Å². The molecule has 0 saturated carbocycles. The molecule has 0 saturated heterocycles. The molecule has 62 heavy (non-hydrogen) atoms. The zero-order chi connectivity index (χ0) is 43.1. The third-order valence-electron chi connectivity index (χ3n) is 10.6. The van der Waals surface area contributed by atoms with Gasteiger partial charge in [-0.3, -0.25) is 0 Å². The van der Waals surface area contributed by atoms with Crippen LogP contribution in [0.25, 0.3) is 58.4 Å². The Morgan fingerprint density at radius 2 is 0.694 bits per heavy atom. The molecule has 0 N–H and O–H groups in total. The normalized spacial score (nSPS) is 12.7. The summed E-state index contributed by atoms with van der Waals surface area (Å²) < 4.78 is 79.8. The van der Waals surface area contributed by atoms with E-state index in [4.69, 9.17) is 0 Å². The van der Waals surface area contributed by atoms with Gasteiger partial charge in [-0.15, -0.1) is 0 Å². The van der Waals surface area contributed by atoms with E-state index in [9.17, 15) is 26.3 Å². The molecule has 0 radical (unpaired) electrons. The number of alkyl halides is 6. The molecule has 0 nitrogen and oxygen atoms in total.